The number of amides is 1. The summed E-state index contributed by atoms with van der Waals surface area (Å²) in [6.07, 6.45) is 1.40. The maximum atomic E-state index is 11.7. The number of halogens is 1. The smallest absolute Gasteiger partial charge is 0.274 e. The van der Waals surface area contributed by atoms with E-state index in [2.05, 4.69) is 25.9 Å². The number of fused-ring (bicyclic) bond motifs is 1. The molecule has 0 unspecified atom stereocenters. The van der Waals surface area contributed by atoms with Crippen molar-refractivity contribution in [1.82, 2.24) is 25.2 Å². The first-order valence-corrected chi connectivity index (χ1v) is 11.4. The van der Waals surface area contributed by atoms with Crippen LogP contribution in [0.25, 0.3) is 22.3 Å². The Morgan fingerprint density at radius 3 is 2.49 bits per heavy atom. The first-order valence-electron chi connectivity index (χ1n) is 10.6. The Labute approximate surface area is 208 Å². The van der Waals surface area contributed by atoms with Crippen LogP contribution in [0, 0.1) is 0 Å². The highest BCUT2D eigenvalue weighted by atomic mass is 79.9. The van der Waals surface area contributed by atoms with Crippen molar-refractivity contribution in [2.45, 2.75) is 6.54 Å². The van der Waals surface area contributed by atoms with Crippen LogP contribution < -0.4 is 16.0 Å². The monoisotopic (exact) mass is 530 g/mol. The zero-order valence-electron chi connectivity index (χ0n) is 18.2. The Morgan fingerprint density at radius 1 is 1.03 bits per heavy atom. The van der Waals surface area contributed by atoms with E-state index in [0.717, 1.165) is 16.9 Å². The van der Waals surface area contributed by atoms with Crippen LogP contribution in [0.15, 0.2) is 83.6 Å². The van der Waals surface area contributed by atoms with E-state index >= 15 is 0 Å². The fourth-order valence-electron chi connectivity index (χ4n) is 3.69. The molecule has 3 aromatic carbocycles. The molecule has 0 aliphatic rings. The summed E-state index contributed by atoms with van der Waals surface area (Å²) in [7, 11) is 0. The first-order chi connectivity index (χ1) is 17.0. The van der Waals surface area contributed by atoms with Crippen LogP contribution in [0.5, 0.6) is 11.5 Å². The second kappa shape index (κ2) is 9.53. The van der Waals surface area contributed by atoms with Crippen LogP contribution in [-0.4, -0.2) is 30.9 Å². The normalized spacial score (nSPS) is 10.9. The summed E-state index contributed by atoms with van der Waals surface area (Å²) < 4.78 is 8.32. The van der Waals surface area contributed by atoms with Gasteiger partial charge in [-0.3, -0.25) is 10.0 Å². The lowest BCUT2D eigenvalue weighted by molar-refractivity contribution is 0.0706. The van der Waals surface area contributed by atoms with Crippen molar-refractivity contribution in [3.63, 3.8) is 0 Å². The summed E-state index contributed by atoms with van der Waals surface area (Å²) in [6.45, 7) is 0.365. The minimum Gasteiger partial charge on any atom is -0.457 e. The Kier molecular flexibility index (Phi) is 6.13. The molecule has 2 heterocycles. The average Bonchev–Trinajstić information content (AvgIpc) is 3.25. The summed E-state index contributed by atoms with van der Waals surface area (Å²) in [5.41, 5.74) is 11.1. The Morgan fingerprint density at radius 2 is 1.77 bits per heavy atom. The largest absolute Gasteiger partial charge is 0.457 e. The maximum absolute atomic E-state index is 11.7. The van der Waals surface area contributed by atoms with E-state index in [1.807, 2.05) is 54.6 Å². The Hall–Kier alpha value is -4.28. The molecule has 0 bridgehead atoms. The second-order valence-electron chi connectivity index (χ2n) is 7.65. The number of hydrogen-bond acceptors (Lipinski definition) is 7. The molecular formula is C25H19BrN6O3. The van der Waals surface area contributed by atoms with E-state index in [-0.39, 0.29) is 0 Å². The van der Waals surface area contributed by atoms with E-state index in [1.54, 1.807) is 28.4 Å². The predicted octanol–water partition coefficient (Wildman–Crippen LogP) is 4.80. The maximum Gasteiger partial charge on any atom is 0.274 e. The third-order valence-corrected chi connectivity index (χ3v) is 6.14. The molecule has 0 atom stereocenters. The number of carbonyl (C=O) groups excluding carboxylic acids is 1. The summed E-state index contributed by atoms with van der Waals surface area (Å²) in [5.74, 6) is 1.18. The van der Waals surface area contributed by atoms with Crippen molar-refractivity contribution >= 4 is 38.7 Å². The number of carbonyl (C=O) groups is 1. The minimum atomic E-state index is -0.593. The molecule has 0 saturated carbocycles. The number of nitrogens with two attached hydrogens (primary N) is 1. The van der Waals surface area contributed by atoms with Crippen LogP contribution in [0.3, 0.4) is 0 Å². The van der Waals surface area contributed by atoms with Gasteiger partial charge >= 0.3 is 0 Å². The lowest BCUT2D eigenvalue weighted by Crippen LogP contribution is -2.18. The minimum absolute atomic E-state index is 0.318. The number of benzene rings is 3. The van der Waals surface area contributed by atoms with Gasteiger partial charge in [-0.1, -0.05) is 40.2 Å². The number of anilines is 1. The predicted molar refractivity (Wildman–Crippen MR) is 134 cm³/mol. The molecule has 0 spiro atoms. The van der Waals surface area contributed by atoms with Crippen LogP contribution in [0.2, 0.25) is 0 Å². The SMILES string of the molecule is Nc1ncnc2c1c(-c1ccc(Oc3ccccc3)cc1)nn2Cc1ccc(C(=O)NO)cc1Br. The Bertz CT molecular complexity index is 1520. The quantitative estimate of drug-likeness (QED) is 0.212. The highest BCUT2D eigenvalue weighted by Gasteiger charge is 2.18. The number of aromatic nitrogens is 4. The molecule has 35 heavy (non-hydrogen) atoms. The molecule has 0 saturated heterocycles. The standard InChI is InChI=1S/C25H19BrN6O3/c26-20-12-16(25(33)31-34)6-7-17(20)13-32-24-21(23(27)28-14-29-24)22(30-32)15-8-10-19(11-9-15)35-18-4-2-1-3-5-18/h1-12,14,34H,13H2,(H,31,33)(H2,27,28,29). The summed E-state index contributed by atoms with van der Waals surface area (Å²) in [6, 6.07) is 22.1. The molecular weight excluding hydrogens is 512 g/mol. The number of ether oxygens (including phenoxy) is 1. The highest BCUT2D eigenvalue weighted by Crippen LogP contribution is 2.32. The number of rotatable bonds is 6. The second-order valence-corrected chi connectivity index (χ2v) is 8.50. The van der Waals surface area contributed by atoms with Crippen molar-refractivity contribution in [2.75, 3.05) is 5.73 Å². The van der Waals surface area contributed by atoms with Crippen molar-refractivity contribution < 1.29 is 14.7 Å². The van der Waals surface area contributed by atoms with Gasteiger partial charge < -0.3 is 10.5 Å². The van der Waals surface area contributed by atoms with Gasteiger partial charge in [-0.2, -0.15) is 5.10 Å². The molecule has 9 nitrogen and oxygen atoms in total. The van der Waals surface area contributed by atoms with Gasteiger partial charge in [0, 0.05) is 15.6 Å². The third kappa shape index (κ3) is 4.57. The van der Waals surface area contributed by atoms with Crippen LogP contribution in [0.4, 0.5) is 5.82 Å². The van der Waals surface area contributed by atoms with E-state index in [4.69, 9.17) is 20.8 Å². The summed E-state index contributed by atoms with van der Waals surface area (Å²) >= 11 is 3.49. The molecule has 0 fully saturated rings. The van der Waals surface area contributed by atoms with Crippen LogP contribution >= 0.6 is 15.9 Å². The fraction of sp³-hybridized carbons (Fsp3) is 0.0400. The zero-order valence-corrected chi connectivity index (χ0v) is 19.8. The molecule has 4 N–H and O–H groups in total. The fourth-order valence-corrected chi connectivity index (χ4v) is 4.20. The number of nitrogens with one attached hydrogen (secondary N) is 1. The molecule has 0 aliphatic carbocycles. The van der Waals surface area contributed by atoms with Crippen molar-refractivity contribution in [3.05, 3.63) is 94.7 Å². The Balaban J connectivity index is 1.49. The summed E-state index contributed by atoms with van der Waals surface area (Å²) in [5, 5.41) is 14.3. The average molecular weight is 531 g/mol. The van der Waals surface area contributed by atoms with Gasteiger partial charge in [-0.15, -0.1) is 0 Å². The number of hydroxylamine groups is 1. The molecule has 1 amide bonds. The molecule has 2 aromatic heterocycles. The molecule has 5 rings (SSSR count). The van der Waals surface area contributed by atoms with Gasteiger partial charge in [0.2, 0.25) is 0 Å². The van der Waals surface area contributed by atoms with Gasteiger partial charge in [0.15, 0.2) is 5.65 Å². The topological polar surface area (TPSA) is 128 Å². The lowest BCUT2D eigenvalue weighted by Gasteiger charge is -2.08. The lowest BCUT2D eigenvalue weighted by atomic mass is 10.1. The van der Waals surface area contributed by atoms with E-state index in [0.29, 0.717) is 44.9 Å². The van der Waals surface area contributed by atoms with Gasteiger partial charge in [-0.05, 0) is 54.1 Å². The van der Waals surface area contributed by atoms with E-state index in [9.17, 15) is 4.79 Å². The number of hydrogen-bond donors (Lipinski definition) is 3. The van der Waals surface area contributed by atoms with Gasteiger partial charge in [0.25, 0.3) is 5.91 Å². The van der Waals surface area contributed by atoms with Crippen molar-refractivity contribution in [1.29, 1.82) is 0 Å². The number of nitrogens with zero attached hydrogens (tertiary/aromatic N) is 4. The van der Waals surface area contributed by atoms with E-state index in [1.165, 1.54) is 6.33 Å². The van der Waals surface area contributed by atoms with E-state index < -0.39 is 5.91 Å². The molecule has 0 aliphatic heterocycles. The van der Waals surface area contributed by atoms with Gasteiger partial charge in [0.05, 0.1) is 11.9 Å². The van der Waals surface area contributed by atoms with Gasteiger partial charge in [0.1, 0.15) is 29.3 Å². The van der Waals surface area contributed by atoms with Crippen LogP contribution in [-0.2, 0) is 6.54 Å². The summed E-state index contributed by atoms with van der Waals surface area (Å²) in [4.78, 5) is 20.3. The molecule has 5 aromatic rings. The molecule has 174 valence electrons. The number of nitrogen functional groups attached to an aromatic ring is 1. The number of para-hydroxylation sites is 1. The molecule has 10 heteroatoms. The highest BCUT2D eigenvalue weighted by molar-refractivity contribution is 9.10. The van der Waals surface area contributed by atoms with Crippen molar-refractivity contribution in [3.8, 4) is 22.8 Å². The zero-order chi connectivity index (χ0) is 24.4. The first kappa shape index (κ1) is 22.5. The van der Waals surface area contributed by atoms with Gasteiger partial charge in [-0.25, -0.2) is 20.1 Å². The molecule has 0 radical (unpaired) electrons. The van der Waals surface area contributed by atoms with Crippen LogP contribution in [0.1, 0.15) is 15.9 Å². The third-order valence-electron chi connectivity index (χ3n) is 5.40. The van der Waals surface area contributed by atoms with Crippen molar-refractivity contribution in [2.24, 2.45) is 0 Å².